The standard InChI is InChI=1S/C23H32N4O3.HI/c1-24-23(25-12-15-30-21-10-8-20(28-2)9-11-21)26-18-22(19-6-4-3-5-7-19)27-13-16-29-17-14-27;/h3-11,22H,12-18H2,1-2H3,(H2,24,25,26);1H. The molecule has 7 nitrogen and oxygen atoms in total. The van der Waals surface area contributed by atoms with E-state index in [-0.39, 0.29) is 30.0 Å². The van der Waals surface area contributed by atoms with E-state index in [1.165, 1.54) is 5.56 Å². The maximum atomic E-state index is 5.77. The van der Waals surface area contributed by atoms with Gasteiger partial charge in [-0.3, -0.25) is 9.89 Å². The molecule has 0 aromatic heterocycles. The lowest BCUT2D eigenvalue weighted by molar-refractivity contribution is 0.0170. The number of hydrogen-bond donors (Lipinski definition) is 2. The molecule has 0 radical (unpaired) electrons. The Bertz CT molecular complexity index is 768. The van der Waals surface area contributed by atoms with Gasteiger partial charge in [0.15, 0.2) is 5.96 Å². The zero-order chi connectivity index (χ0) is 21.0. The maximum absolute atomic E-state index is 5.77. The van der Waals surface area contributed by atoms with Crippen molar-refractivity contribution in [3.63, 3.8) is 0 Å². The van der Waals surface area contributed by atoms with E-state index < -0.39 is 0 Å². The lowest BCUT2D eigenvalue weighted by Crippen LogP contribution is -2.46. The summed E-state index contributed by atoms with van der Waals surface area (Å²) < 4.78 is 16.5. The van der Waals surface area contributed by atoms with Crippen LogP contribution in [0.3, 0.4) is 0 Å². The highest BCUT2D eigenvalue weighted by Crippen LogP contribution is 2.21. The van der Waals surface area contributed by atoms with Crippen LogP contribution in [0.25, 0.3) is 0 Å². The summed E-state index contributed by atoms with van der Waals surface area (Å²) in [5, 5.41) is 6.78. The lowest BCUT2D eigenvalue weighted by atomic mass is 10.0. The van der Waals surface area contributed by atoms with E-state index >= 15 is 0 Å². The average molecular weight is 540 g/mol. The van der Waals surface area contributed by atoms with Crippen LogP contribution in [0.2, 0.25) is 0 Å². The minimum Gasteiger partial charge on any atom is -0.497 e. The molecule has 0 aliphatic carbocycles. The fourth-order valence-corrected chi connectivity index (χ4v) is 3.45. The Labute approximate surface area is 202 Å². The Balaban J connectivity index is 0.00000341. The molecule has 1 atom stereocenters. The number of nitrogens with one attached hydrogen (secondary N) is 2. The molecule has 170 valence electrons. The molecule has 2 N–H and O–H groups in total. The Morgan fingerprint density at radius 2 is 1.71 bits per heavy atom. The number of ether oxygens (including phenoxy) is 3. The first kappa shape index (κ1) is 25.2. The second-order valence-electron chi connectivity index (χ2n) is 6.98. The van der Waals surface area contributed by atoms with E-state index in [2.05, 4.69) is 50.9 Å². The van der Waals surface area contributed by atoms with Crippen LogP contribution in [0.5, 0.6) is 11.5 Å². The summed E-state index contributed by atoms with van der Waals surface area (Å²) in [6.07, 6.45) is 0. The zero-order valence-corrected chi connectivity index (χ0v) is 20.6. The van der Waals surface area contributed by atoms with Gasteiger partial charge in [-0.1, -0.05) is 30.3 Å². The van der Waals surface area contributed by atoms with Gasteiger partial charge >= 0.3 is 0 Å². The molecular formula is C23H33IN4O3. The van der Waals surface area contributed by atoms with Crippen LogP contribution in [0.1, 0.15) is 11.6 Å². The number of methoxy groups -OCH3 is 1. The van der Waals surface area contributed by atoms with E-state index in [0.29, 0.717) is 13.2 Å². The van der Waals surface area contributed by atoms with Crippen molar-refractivity contribution in [2.24, 2.45) is 4.99 Å². The number of guanidine groups is 1. The molecular weight excluding hydrogens is 507 g/mol. The van der Waals surface area contributed by atoms with Gasteiger partial charge < -0.3 is 24.8 Å². The molecule has 8 heteroatoms. The second-order valence-corrected chi connectivity index (χ2v) is 6.98. The number of nitrogens with zero attached hydrogens (tertiary/aromatic N) is 2. The molecule has 3 rings (SSSR count). The van der Waals surface area contributed by atoms with Crippen LogP contribution in [-0.2, 0) is 4.74 Å². The predicted octanol–water partition coefficient (Wildman–Crippen LogP) is 2.93. The molecule has 0 bridgehead atoms. The van der Waals surface area contributed by atoms with Gasteiger partial charge in [-0.2, -0.15) is 0 Å². The molecule has 1 aliphatic rings. The van der Waals surface area contributed by atoms with Crippen molar-refractivity contribution in [3.8, 4) is 11.5 Å². The van der Waals surface area contributed by atoms with Crippen molar-refractivity contribution < 1.29 is 14.2 Å². The van der Waals surface area contributed by atoms with Crippen molar-refractivity contribution in [2.45, 2.75) is 6.04 Å². The number of hydrogen-bond acceptors (Lipinski definition) is 5. The van der Waals surface area contributed by atoms with Gasteiger partial charge in [0.05, 0.1) is 32.9 Å². The number of aliphatic imine (C=N–C) groups is 1. The van der Waals surface area contributed by atoms with Gasteiger partial charge in [-0.15, -0.1) is 24.0 Å². The minimum atomic E-state index is 0. The number of rotatable bonds is 9. The molecule has 0 spiro atoms. The monoisotopic (exact) mass is 540 g/mol. The molecule has 1 heterocycles. The third kappa shape index (κ3) is 8.19. The summed E-state index contributed by atoms with van der Waals surface area (Å²) in [6, 6.07) is 18.4. The summed E-state index contributed by atoms with van der Waals surface area (Å²) in [6.45, 7) is 5.38. The number of benzene rings is 2. The normalized spacial score (nSPS) is 15.5. The summed E-state index contributed by atoms with van der Waals surface area (Å²) in [4.78, 5) is 6.81. The van der Waals surface area contributed by atoms with E-state index in [0.717, 1.165) is 50.3 Å². The highest BCUT2D eigenvalue weighted by molar-refractivity contribution is 14.0. The summed E-state index contributed by atoms with van der Waals surface area (Å²) in [7, 11) is 3.44. The second kappa shape index (κ2) is 14.1. The summed E-state index contributed by atoms with van der Waals surface area (Å²) in [5.41, 5.74) is 1.30. The maximum Gasteiger partial charge on any atom is 0.191 e. The fourth-order valence-electron chi connectivity index (χ4n) is 3.45. The Kier molecular flexibility index (Phi) is 11.5. The van der Waals surface area contributed by atoms with Crippen LogP contribution in [0.15, 0.2) is 59.6 Å². The largest absolute Gasteiger partial charge is 0.497 e. The SMILES string of the molecule is CN=C(NCCOc1ccc(OC)cc1)NCC(c1ccccc1)N1CCOCC1.I. The van der Waals surface area contributed by atoms with Crippen molar-refractivity contribution >= 4 is 29.9 Å². The molecule has 1 aliphatic heterocycles. The van der Waals surface area contributed by atoms with Gasteiger partial charge in [0, 0.05) is 26.7 Å². The molecule has 2 aromatic rings. The van der Waals surface area contributed by atoms with E-state index in [4.69, 9.17) is 14.2 Å². The molecule has 0 amide bonds. The van der Waals surface area contributed by atoms with Gasteiger partial charge in [0.2, 0.25) is 0 Å². The van der Waals surface area contributed by atoms with E-state index in [1.54, 1.807) is 14.2 Å². The highest BCUT2D eigenvalue weighted by atomic mass is 127. The molecule has 0 saturated carbocycles. The van der Waals surface area contributed by atoms with Crippen molar-refractivity contribution in [1.29, 1.82) is 0 Å². The topological polar surface area (TPSA) is 67.4 Å². The van der Waals surface area contributed by atoms with Crippen LogP contribution >= 0.6 is 24.0 Å². The van der Waals surface area contributed by atoms with Gasteiger partial charge in [-0.25, -0.2) is 0 Å². The smallest absolute Gasteiger partial charge is 0.191 e. The Hall–Kier alpha value is -2.04. The average Bonchev–Trinajstić information content (AvgIpc) is 2.82. The Morgan fingerprint density at radius 3 is 2.35 bits per heavy atom. The van der Waals surface area contributed by atoms with E-state index in [1.807, 2.05) is 24.3 Å². The van der Waals surface area contributed by atoms with Crippen LogP contribution in [0, 0.1) is 0 Å². The van der Waals surface area contributed by atoms with Crippen LogP contribution < -0.4 is 20.1 Å². The van der Waals surface area contributed by atoms with Gasteiger partial charge in [0.25, 0.3) is 0 Å². The first-order valence-electron chi connectivity index (χ1n) is 10.4. The van der Waals surface area contributed by atoms with Crippen LogP contribution in [0.4, 0.5) is 0 Å². The van der Waals surface area contributed by atoms with Crippen LogP contribution in [-0.4, -0.2) is 71.0 Å². The third-order valence-corrected chi connectivity index (χ3v) is 5.08. The Morgan fingerprint density at radius 1 is 1.03 bits per heavy atom. The van der Waals surface area contributed by atoms with Crippen molar-refractivity contribution in [1.82, 2.24) is 15.5 Å². The zero-order valence-electron chi connectivity index (χ0n) is 18.3. The first-order chi connectivity index (χ1) is 14.8. The van der Waals surface area contributed by atoms with Crippen molar-refractivity contribution in [3.05, 3.63) is 60.2 Å². The fraction of sp³-hybridized carbons (Fsp3) is 0.435. The predicted molar refractivity (Wildman–Crippen MR) is 135 cm³/mol. The molecule has 1 unspecified atom stereocenters. The lowest BCUT2D eigenvalue weighted by Gasteiger charge is -2.35. The van der Waals surface area contributed by atoms with Crippen molar-refractivity contribution in [2.75, 3.05) is 60.2 Å². The quantitative estimate of drug-likeness (QED) is 0.221. The number of halogens is 1. The van der Waals surface area contributed by atoms with Gasteiger partial charge in [0.1, 0.15) is 18.1 Å². The summed E-state index contributed by atoms with van der Waals surface area (Å²) in [5.74, 6) is 2.40. The molecule has 31 heavy (non-hydrogen) atoms. The number of morpholine rings is 1. The minimum absolute atomic E-state index is 0. The van der Waals surface area contributed by atoms with Gasteiger partial charge in [-0.05, 0) is 29.8 Å². The third-order valence-electron chi connectivity index (χ3n) is 5.08. The van der Waals surface area contributed by atoms with E-state index in [9.17, 15) is 0 Å². The highest BCUT2D eigenvalue weighted by Gasteiger charge is 2.22. The first-order valence-corrected chi connectivity index (χ1v) is 10.4. The molecule has 1 saturated heterocycles. The molecule has 2 aromatic carbocycles. The summed E-state index contributed by atoms with van der Waals surface area (Å²) >= 11 is 0. The molecule has 1 fully saturated rings.